The molecule has 0 spiro atoms. The van der Waals surface area contributed by atoms with Gasteiger partial charge in [-0.1, -0.05) is 6.07 Å². The van der Waals surface area contributed by atoms with E-state index in [0.29, 0.717) is 35.1 Å². The van der Waals surface area contributed by atoms with Crippen molar-refractivity contribution >= 4 is 21.4 Å². The van der Waals surface area contributed by atoms with E-state index >= 15 is 0 Å². The van der Waals surface area contributed by atoms with Crippen LogP contribution in [-0.2, 0) is 30.0 Å². The summed E-state index contributed by atoms with van der Waals surface area (Å²) in [6.07, 6.45) is 4.11. The molecule has 4 rings (SSSR count). The molecule has 180 valence electrons. The minimum atomic E-state index is -3.49. The lowest BCUT2D eigenvalue weighted by Gasteiger charge is -2.10. The van der Waals surface area contributed by atoms with E-state index in [-0.39, 0.29) is 17.0 Å². The van der Waals surface area contributed by atoms with Crippen molar-refractivity contribution in [1.82, 2.24) is 30.0 Å². The van der Waals surface area contributed by atoms with E-state index in [9.17, 15) is 17.6 Å². The van der Waals surface area contributed by atoms with Crippen molar-refractivity contribution in [3.05, 3.63) is 83.8 Å². The summed E-state index contributed by atoms with van der Waals surface area (Å²) in [5.74, 6) is 0.236. The Morgan fingerprint density at radius 3 is 2.66 bits per heavy atom. The van der Waals surface area contributed by atoms with Crippen LogP contribution in [0.15, 0.2) is 66.0 Å². The van der Waals surface area contributed by atoms with Crippen LogP contribution in [0.5, 0.6) is 0 Å². The van der Waals surface area contributed by atoms with Gasteiger partial charge in [-0.05, 0) is 42.5 Å². The molecule has 35 heavy (non-hydrogen) atoms. The number of hydrogen-bond donors (Lipinski definition) is 2. The van der Waals surface area contributed by atoms with E-state index in [1.807, 2.05) is 11.6 Å². The molecule has 0 fully saturated rings. The van der Waals surface area contributed by atoms with Crippen molar-refractivity contribution in [2.45, 2.75) is 18.0 Å². The number of halogens is 1. The lowest BCUT2D eigenvalue weighted by molar-refractivity contribution is 0.0950. The van der Waals surface area contributed by atoms with Crippen LogP contribution in [0.1, 0.15) is 21.7 Å². The summed E-state index contributed by atoms with van der Waals surface area (Å²) in [5, 5.41) is 14.2. The first-order valence-corrected chi connectivity index (χ1v) is 12.4. The first kappa shape index (κ1) is 24.0. The molecule has 0 saturated carbocycles. The molecule has 0 saturated heterocycles. The maximum absolute atomic E-state index is 14.1. The fourth-order valence-electron chi connectivity index (χ4n) is 3.31. The number of carbonyl (C=O) groups is 1. The highest BCUT2D eigenvalue weighted by Gasteiger charge is 2.14. The van der Waals surface area contributed by atoms with Crippen molar-refractivity contribution in [3.8, 4) is 11.5 Å². The Labute approximate surface area is 201 Å². The highest BCUT2D eigenvalue weighted by atomic mass is 32.2. The summed E-state index contributed by atoms with van der Waals surface area (Å²) >= 11 is 0. The van der Waals surface area contributed by atoms with Gasteiger partial charge in [0, 0.05) is 42.9 Å². The van der Waals surface area contributed by atoms with Gasteiger partial charge in [-0.15, -0.1) is 10.2 Å². The largest absolute Gasteiger partial charge is 0.378 e. The fraction of sp³-hybridized carbons (Fsp3) is 0.174. The third kappa shape index (κ3) is 5.66. The molecule has 0 atom stereocenters. The molecule has 2 N–H and O–H groups in total. The van der Waals surface area contributed by atoms with Crippen LogP contribution in [-0.4, -0.2) is 45.3 Å². The van der Waals surface area contributed by atoms with Crippen LogP contribution in [0.25, 0.3) is 11.5 Å². The van der Waals surface area contributed by atoms with Gasteiger partial charge in [-0.2, -0.15) is 0 Å². The Balaban J connectivity index is 1.41. The number of hydrogen-bond acceptors (Lipinski definition) is 8. The second-order valence-electron chi connectivity index (χ2n) is 7.74. The Bertz CT molecular complexity index is 1470. The van der Waals surface area contributed by atoms with Crippen LogP contribution in [0.4, 0.5) is 10.1 Å². The van der Waals surface area contributed by atoms with Crippen molar-refractivity contribution in [2.75, 3.05) is 11.6 Å². The number of benzene rings is 2. The summed E-state index contributed by atoms with van der Waals surface area (Å²) < 4.78 is 39.4. The normalized spacial score (nSPS) is 11.3. The number of amides is 1. The molecule has 1 amide bonds. The highest BCUT2D eigenvalue weighted by molar-refractivity contribution is 7.90. The van der Waals surface area contributed by atoms with E-state index in [1.54, 1.807) is 36.5 Å². The maximum atomic E-state index is 14.1. The predicted molar refractivity (Wildman–Crippen MR) is 126 cm³/mol. The van der Waals surface area contributed by atoms with Gasteiger partial charge < -0.3 is 15.2 Å². The lowest BCUT2D eigenvalue weighted by Crippen LogP contribution is -2.23. The van der Waals surface area contributed by atoms with Crippen molar-refractivity contribution in [2.24, 2.45) is 7.05 Å². The third-order valence-corrected chi connectivity index (χ3v) is 6.35. The lowest BCUT2D eigenvalue weighted by atomic mass is 10.1. The van der Waals surface area contributed by atoms with Gasteiger partial charge in [-0.25, -0.2) is 22.8 Å². The number of rotatable bonds is 8. The molecule has 0 unspecified atom stereocenters. The Morgan fingerprint density at radius 2 is 1.91 bits per heavy atom. The van der Waals surface area contributed by atoms with Crippen molar-refractivity contribution in [3.63, 3.8) is 0 Å². The van der Waals surface area contributed by atoms with Crippen LogP contribution in [0, 0.1) is 5.82 Å². The van der Waals surface area contributed by atoms with E-state index in [4.69, 9.17) is 0 Å². The highest BCUT2D eigenvalue weighted by Crippen LogP contribution is 2.17. The zero-order valence-electron chi connectivity index (χ0n) is 18.9. The first-order valence-electron chi connectivity index (χ1n) is 10.5. The SMILES string of the molecule is Cn1c(CNc2cccc(C(=O)NCc3cc(S(C)(=O)=O)ccc3F)c2)nnc1-c1ccncn1. The summed E-state index contributed by atoms with van der Waals surface area (Å²) in [6.45, 7) is 0.194. The summed E-state index contributed by atoms with van der Waals surface area (Å²) in [4.78, 5) is 20.7. The molecule has 2 heterocycles. The van der Waals surface area contributed by atoms with Gasteiger partial charge in [-0.3, -0.25) is 4.79 Å². The van der Waals surface area contributed by atoms with Crippen LogP contribution >= 0.6 is 0 Å². The average molecular weight is 496 g/mol. The van der Waals surface area contributed by atoms with E-state index < -0.39 is 21.6 Å². The Morgan fingerprint density at radius 1 is 1.09 bits per heavy atom. The van der Waals surface area contributed by atoms with Gasteiger partial charge in [0.15, 0.2) is 21.5 Å². The summed E-state index contributed by atoms with van der Waals surface area (Å²) in [6, 6.07) is 12.0. The number of nitrogens with one attached hydrogen (secondary N) is 2. The molecule has 2 aromatic carbocycles. The maximum Gasteiger partial charge on any atom is 0.251 e. The van der Waals surface area contributed by atoms with Gasteiger partial charge >= 0.3 is 0 Å². The molecule has 0 radical (unpaired) electrons. The number of aromatic nitrogens is 5. The van der Waals surface area contributed by atoms with E-state index in [2.05, 4.69) is 30.8 Å². The topological polar surface area (TPSA) is 132 Å². The zero-order chi connectivity index (χ0) is 25.0. The minimum absolute atomic E-state index is 0.0130. The van der Waals surface area contributed by atoms with Gasteiger partial charge in [0.2, 0.25) is 0 Å². The quantitative estimate of drug-likeness (QED) is 0.356. The second kappa shape index (κ2) is 9.97. The van der Waals surface area contributed by atoms with Gasteiger partial charge in [0.25, 0.3) is 5.91 Å². The molecule has 12 heteroatoms. The average Bonchev–Trinajstić information content (AvgIpc) is 3.22. The predicted octanol–water partition coefficient (Wildman–Crippen LogP) is 2.36. The standard InChI is InChI=1S/C23H22FN7O3S/c1-31-21(29-30-22(31)20-8-9-25-14-28-20)13-26-17-5-3-4-15(10-17)23(32)27-12-16-11-18(35(2,33)34)6-7-19(16)24/h3-11,14,26H,12-13H2,1-2H3,(H,27,32). The molecule has 0 aliphatic heterocycles. The van der Waals surface area contributed by atoms with Crippen molar-refractivity contribution < 1.29 is 17.6 Å². The Kier molecular flexibility index (Phi) is 6.82. The van der Waals surface area contributed by atoms with E-state index in [1.165, 1.54) is 18.5 Å². The summed E-state index contributed by atoms with van der Waals surface area (Å²) in [5.41, 5.74) is 1.76. The Hall–Kier alpha value is -4.19. The van der Waals surface area contributed by atoms with Gasteiger partial charge in [0.05, 0.1) is 11.4 Å². The van der Waals surface area contributed by atoms with E-state index in [0.717, 1.165) is 12.3 Å². The van der Waals surface area contributed by atoms with Crippen LogP contribution < -0.4 is 10.6 Å². The smallest absolute Gasteiger partial charge is 0.251 e. The summed E-state index contributed by atoms with van der Waals surface area (Å²) in [7, 11) is -1.66. The molecular formula is C23H22FN7O3S. The van der Waals surface area contributed by atoms with Crippen molar-refractivity contribution in [1.29, 1.82) is 0 Å². The number of carbonyl (C=O) groups excluding carboxylic acids is 1. The first-order chi connectivity index (χ1) is 16.7. The number of anilines is 1. The molecule has 0 aliphatic rings. The monoisotopic (exact) mass is 495 g/mol. The fourth-order valence-corrected chi connectivity index (χ4v) is 3.98. The number of sulfone groups is 1. The van der Waals surface area contributed by atoms with Crippen LogP contribution in [0.3, 0.4) is 0 Å². The van der Waals surface area contributed by atoms with Gasteiger partial charge in [0.1, 0.15) is 17.8 Å². The number of nitrogens with zero attached hydrogens (tertiary/aromatic N) is 5. The molecule has 0 aliphatic carbocycles. The zero-order valence-corrected chi connectivity index (χ0v) is 19.8. The molecule has 10 nitrogen and oxygen atoms in total. The molecule has 0 bridgehead atoms. The molecule has 4 aromatic rings. The third-order valence-electron chi connectivity index (χ3n) is 5.24. The second-order valence-corrected chi connectivity index (χ2v) is 9.75. The molecular weight excluding hydrogens is 473 g/mol. The minimum Gasteiger partial charge on any atom is -0.378 e. The molecule has 2 aromatic heterocycles. The van der Waals surface area contributed by atoms with Crippen LogP contribution in [0.2, 0.25) is 0 Å².